The van der Waals surface area contributed by atoms with Gasteiger partial charge >= 0.3 is 0 Å². The van der Waals surface area contributed by atoms with Crippen molar-refractivity contribution in [3.05, 3.63) is 36.0 Å². The Balaban J connectivity index is 1.69. The maximum absolute atomic E-state index is 14.6. The summed E-state index contributed by atoms with van der Waals surface area (Å²) in [5.74, 6) is -1.04. The van der Waals surface area contributed by atoms with E-state index < -0.39 is 17.3 Å². The van der Waals surface area contributed by atoms with Gasteiger partial charge in [0.2, 0.25) is 0 Å². The molecule has 4 rings (SSSR count). The van der Waals surface area contributed by atoms with Crippen LogP contribution >= 0.6 is 0 Å². The van der Waals surface area contributed by atoms with Crippen LogP contribution in [0.25, 0.3) is 11.2 Å². The lowest BCUT2D eigenvalue weighted by atomic mass is 10.1. The second-order valence-electron chi connectivity index (χ2n) is 6.72. The molecule has 1 aliphatic rings. The van der Waals surface area contributed by atoms with Crippen molar-refractivity contribution >= 4 is 28.5 Å². The quantitative estimate of drug-likeness (QED) is 0.691. The monoisotopic (exact) mass is 401 g/mol. The number of ether oxygens (including phenoxy) is 2. The average Bonchev–Trinajstić information content (AvgIpc) is 2.77. The largest absolute Gasteiger partial charge is 0.493 e. The highest BCUT2D eigenvalue weighted by Crippen LogP contribution is 2.36. The zero-order valence-electron chi connectivity index (χ0n) is 16.2. The van der Waals surface area contributed by atoms with E-state index in [0.29, 0.717) is 11.2 Å². The standard InChI is InChI=1S/C20H21F2N5O2/c1-28-13-10-14(29-2)18(22)19(17(13)21)24-15-7-6-12-20(25-15)26-16(11-23-12)27-8-4-3-5-9-27/h6-7,10-11H,3-5,8-9H2,1-2H3,(H,24,25,26). The van der Waals surface area contributed by atoms with Gasteiger partial charge in [0.25, 0.3) is 0 Å². The molecule has 1 aliphatic heterocycles. The van der Waals surface area contributed by atoms with Gasteiger partial charge in [-0.25, -0.2) is 23.7 Å². The van der Waals surface area contributed by atoms with Gasteiger partial charge in [0.05, 0.1) is 20.4 Å². The number of hydrogen-bond donors (Lipinski definition) is 1. The molecule has 3 aromatic rings. The van der Waals surface area contributed by atoms with Crippen LogP contribution in [-0.4, -0.2) is 42.3 Å². The van der Waals surface area contributed by atoms with E-state index in [1.165, 1.54) is 20.6 Å². The molecule has 1 aromatic carbocycles. The molecule has 0 spiro atoms. The molecular formula is C20H21F2N5O2. The van der Waals surface area contributed by atoms with E-state index in [-0.39, 0.29) is 17.3 Å². The van der Waals surface area contributed by atoms with Crippen LogP contribution in [0.4, 0.5) is 26.1 Å². The van der Waals surface area contributed by atoms with Crippen LogP contribution in [0, 0.1) is 11.6 Å². The molecule has 1 fully saturated rings. The highest BCUT2D eigenvalue weighted by molar-refractivity contribution is 5.75. The molecule has 0 atom stereocenters. The summed E-state index contributed by atoms with van der Waals surface area (Å²) in [4.78, 5) is 15.6. The molecule has 1 saturated heterocycles. The number of rotatable bonds is 5. The zero-order valence-corrected chi connectivity index (χ0v) is 16.2. The van der Waals surface area contributed by atoms with Crippen LogP contribution in [0.15, 0.2) is 24.4 Å². The van der Waals surface area contributed by atoms with Crippen LogP contribution in [0.5, 0.6) is 11.5 Å². The first-order chi connectivity index (χ1) is 14.1. The lowest BCUT2D eigenvalue weighted by molar-refractivity contribution is 0.360. The molecule has 0 unspecified atom stereocenters. The van der Waals surface area contributed by atoms with Gasteiger partial charge in [0.1, 0.15) is 22.8 Å². The summed E-state index contributed by atoms with van der Waals surface area (Å²) in [7, 11) is 2.59. The smallest absolute Gasteiger partial charge is 0.191 e. The van der Waals surface area contributed by atoms with Crippen LogP contribution in [0.2, 0.25) is 0 Å². The summed E-state index contributed by atoms with van der Waals surface area (Å²) in [5.41, 5.74) is 0.586. The van der Waals surface area contributed by atoms with Gasteiger partial charge in [0.15, 0.2) is 28.8 Å². The number of halogens is 2. The summed E-state index contributed by atoms with van der Waals surface area (Å²) >= 11 is 0. The van der Waals surface area contributed by atoms with Crippen molar-refractivity contribution in [1.29, 1.82) is 0 Å². The van der Waals surface area contributed by atoms with E-state index in [4.69, 9.17) is 9.47 Å². The maximum atomic E-state index is 14.6. The van der Waals surface area contributed by atoms with Crippen molar-refractivity contribution in [2.75, 3.05) is 37.5 Å². The average molecular weight is 401 g/mol. The van der Waals surface area contributed by atoms with E-state index >= 15 is 0 Å². The van der Waals surface area contributed by atoms with Crippen LogP contribution in [0.1, 0.15) is 19.3 Å². The Morgan fingerprint density at radius 3 is 2.31 bits per heavy atom. The van der Waals surface area contributed by atoms with Crippen molar-refractivity contribution < 1.29 is 18.3 Å². The normalized spacial score (nSPS) is 14.1. The summed E-state index contributed by atoms with van der Waals surface area (Å²) in [6, 6.07) is 4.44. The summed E-state index contributed by atoms with van der Waals surface area (Å²) in [5, 5.41) is 2.68. The fraction of sp³-hybridized carbons (Fsp3) is 0.350. The highest BCUT2D eigenvalue weighted by atomic mass is 19.1. The number of pyridine rings is 1. The third kappa shape index (κ3) is 3.72. The lowest BCUT2D eigenvalue weighted by Crippen LogP contribution is -2.30. The maximum Gasteiger partial charge on any atom is 0.191 e. The Kier molecular flexibility index (Phi) is 5.28. The van der Waals surface area contributed by atoms with Crippen LogP contribution in [0.3, 0.4) is 0 Å². The Bertz CT molecular complexity index is 1010. The number of methoxy groups -OCH3 is 2. The number of nitrogens with one attached hydrogen (secondary N) is 1. The van der Waals surface area contributed by atoms with Crippen molar-refractivity contribution in [3.63, 3.8) is 0 Å². The molecule has 0 bridgehead atoms. The Morgan fingerprint density at radius 1 is 0.966 bits per heavy atom. The van der Waals surface area contributed by atoms with Gasteiger partial charge in [0, 0.05) is 19.2 Å². The van der Waals surface area contributed by atoms with Gasteiger partial charge in [-0.2, -0.15) is 0 Å². The molecule has 0 radical (unpaired) electrons. The number of nitrogens with zero attached hydrogens (tertiary/aromatic N) is 4. The Labute approximate surface area is 166 Å². The van der Waals surface area contributed by atoms with Crippen molar-refractivity contribution in [2.45, 2.75) is 19.3 Å². The molecule has 1 N–H and O–H groups in total. The predicted molar refractivity (Wildman–Crippen MR) is 106 cm³/mol. The zero-order chi connectivity index (χ0) is 20.4. The molecule has 9 heteroatoms. The molecule has 0 saturated carbocycles. The molecular weight excluding hydrogens is 380 g/mol. The number of fused-ring (bicyclic) bond motifs is 1. The lowest BCUT2D eigenvalue weighted by Gasteiger charge is -2.27. The molecule has 3 heterocycles. The number of benzene rings is 1. The fourth-order valence-electron chi connectivity index (χ4n) is 3.36. The first kappa shape index (κ1) is 19.1. The third-order valence-corrected chi connectivity index (χ3v) is 4.90. The predicted octanol–water partition coefficient (Wildman–Crippen LogP) is 4.05. The van der Waals surface area contributed by atoms with E-state index in [1.807, 2.05) is 0 Å². The molecule has 0 aliphatic carbocycles. The third-order valence-electron chi connectivity index (χ3n) is 4.90. The first-order valence-corrected chi connectivity index (χ1v) is 9.36. The minimum absolute atomic E-state index is 0.140. The minimum atomic E-state index is -0.874. The van der Waals surface area contributed by atoms with E-state index in [0.717, 1.165) is 37.8 Å². The summed E-state index contributed by atoms with van der Waals surface area (Å²) < 4.78 is 39.2. The van der Waals surface area contributed by atoms with Crippen LogP contribution in [-0.2, 0) is 0 Å². The van der Waals surface area contributed by atoms with Gasteiger partial charge in [-0.15, -0.1) is 0 Å². The minimum Gasteiger partial charge on any atom is -0.493 e. The molecule has 7 nitrogen and oxygen atoms in total. The number of hydrogen-bond acceptors (Lipinski definition) is 7. The topological polar surface area (TPSA) is 72.4 Å². The summed E-state index contributed by atoms with van der Waals surface area (Å²) in [6.07, 6.45) is 5.18. The molecule has 152 valence electrons. The second kappa shape index (κ2) is 8.02. The number of anilines is 3. The fourth-order valence-corrected chi connectivity index (χ4v) is 3.36. The number of aromatic nitrogens is 3. The van der Waals surface area contributed by atoms with Gasteiger partial charge in [-0.1, -0.05) is 0 Å². The van der Waals surface area contributed by atoms with E-state index in [1.54, 1.807) is 18.3 Å². The van der Waals surface area contributed by atoms with E-state index in [2.05, 4.69) is 25.2 Å². The van der Waals surface area contributed by atoms with Gasteiger partial charge < -0.3 is 19.7 Å². The van der Waals surface area contributed by atoms with Gasteiger partial charge in [-0.3, -0.25) is 0 Å². The Hall–Kier alpha value is -3.23. The van der Waals surface area contributed by atoms with Crippen molar-refractivity contribution in [3.8, 4) is 11.5 Å². The SMILES string of the molecule is COc1cc(OC)c(F)c(Nc2ccc3ncc(N4CCCCC4)nc3n2)c1F. The van der Waals surface area contributed by atoms with Crippen LogP contribution < -0.4 is 19.7 Å². The van der Waals surface area contributed by atoms with Gasteiger partial charge in [-0.05, 0) is 31.4 Å². The van der Waals surface area contributed by atoms with Crippen molar-refractivity contribution in [2.24, 2.45) is 0 Å². The number of piperidine rings is 1. The van der Waals surface area contributed by atoms with E-state index in [9.17, 15) is 8.78 Å². The molecule has 29 heavy (non-hydrogen) atoms. The Morgan fingerprint density at radius 2 is 1.66 bits per heavy atom. The first-order valence-electron chi connectivity index (χ1n) is 9.36. The highest BCUT2D eigenvalue weighted by Gasteiger charge is 2.21. The molecule has 0 amide bonds. The summed E-state index contributed by atoms with van der Waals surface area (Å²) in [6.45, 7) is 1.86. The molecule has 2 aromatic heterocycles. The second-order valence-corrected chi connectivity index (χ2v) is 6.72. The van der Waals surface area contributed by atoms with Crippen molar-refractivity contribution in [1.82, 2.24) is 15.0 Å².